The summed E-state index contributed by atoms with van der Waals surface area (Å²) in [6.07, 6.45) is 3.51. The fraction of sp³-hybridized carbons (Fsp3) is 0.308. The summed E-state index contributed by atoms with van der Waals surface area (Å²) >= 11 is 3.41. The quantitative estimate of drug-likeness (QED) is 0.788. The number of nitrogens with zero attached hydrogens (tertiary/aromatic N) is 2. The van der Waals surface area contributed by atoms with Gasteiger partial charge in [0.1, 0.15) is 5.75 Å². The zero-order valence-electron chi connectivity index (χ0n) is 10.6. The molecular formula is C13H16BrN3O2. The van der Waals surface area contributed by atoms with Gasteiger partial charge in [-0.05, 0) is 24.6 Å². The molecule has 0 radical (unpaired) electrons. The number of aryl methyl sites for hydroxylation is 1. The minimum Gasteiger partial charge on any atom is -0.507 e. The average molecular weight is 326 g/mol. The number of hydrogen-bond donors (Lipinski definition) is 3. The number of phenols is 1. The molecule has 0 atom stereocenters. The smallest absolute Gasteiger partial charge is 0.123 e. The number of benzene rings is 1. The van der Waals surface area contributed by atoms with Gasteiger partial charge in [0.05, 0.1) is 25.0 Å². The zero-order chi connectivity index (χ0) is 13.8. The first-order valence-corrected chi connectivity index (χ1v) is 6.74. The topological polar surface area (TPSA) is 70.3 Å². The number of aliphatic hydroxyl groups excluding tert-OH is 1. The van der Waals surface area contributed by atoms with Crippen molar-refractivity contribution < 1.29 is 10.2 Å². The number of aromatic nitrogens is 2. The molecule has 0 unspecified atom stereocenters. The molecule has 0 bridgehead atoms. The predicted molar refractivity (Wildman–Crippen MR) is 77.2 cm³/mol. The summed E-state index contributed by atoms with van der Waals surface area (Å²) in [7, 11) is 0. The van der Waals surface area contributed by atoms with Crippen LogP contribution in [-0.4, -0.2) is 26.6 Å². The van der Waals surface area contributed by atoms with Gasteiger partial charge in [0.2, 0.25) is 0 Å². The summed E-state index contributed by atoms with van der Waals surface area (Å²) in [5.41, 5.74) is 2.51. The van der Waals surface area contributed by atoms with Crippen molar-refractivity contribution in [3.63, 3.8) is 0 Å². The van der Waals surface area contributed by atoms with Gasteiger partial charge in [0.15, 0.2) is 0 Å². The van der Waals surface area contributed by atoms with Crippen LogP contribution in [0.25, 0.3) is 0 Å². The number of aliphatic hydroxyl groups is 1. The molecule has 0 spiro atoms. The van der Waals surface area contributed by atoms with E-state index in [1.54, 1.807) is 10.9 Å². The Labute approximate surface area is 120 Å². The Morgan fingerprint density at radius 1 is 1.42 bits per heavy atom. The number of halogens is 1. The Morgan fingerprint density at radius 3 is 2.95 bits per heavy atom. The van der Waals surface area contributed by atoms with Gasteiger partial charge in [0, 0.05) is 22.8 Å². The van der Waals surface area contributed by atoms with Crippen molar-refractivity contribution >= 4 is 21.6 Å². The molecule has 5 nitrogen and oxygen atoms in total. The Bertz CT molecular complexity index is 569. The fourth-order valence-corrected chi connectivity index (χ4v) is 2.44. The average Bonchev–Trinajstić information content (AvgIpc) is 2.80. The molecule has 3 N–H and O–H groups in total. The minimum absolute atomic E-state index is 0.0622. The standard InChI is InChI=1S/C13H16BrN3O2/c1-9-4-11(14)5-10(13(9)19)6-15-12-7-16-17(8-12)2-3-18/h4-5,7-8,15,18-19H,2-3,6H2,1H3. The van der Waals surface area contributed by atoms with Crippen molar-refractivity contribution in [2.45, 2.75) is 20.0 Å². The van der Waals surface area contributed by atoms with E-state index in [1.807, 2.05) is 25.3 Å². The molecule has 1 aromatic heterocycles. The molecule has 1 aromatic carbocycles. The van der Waals surface area contributed by atoms with E-state index in [2.05, 4.69) is 26.3 Å². The highest BCUT2D eigenvalue weighted by atomic mass is 79.9. The van der Waals surface area contributed by atoms with Crippen molar-refractivity contribution in [2.75, 3.05) is 11.9 Å². The van der Waals surface area contributed by atoms with Crippen LogP contribution in [0.15, 0.2) is 29.0 Å². The molecule has 1 heterocycles. The van der Waals surface area contributed by atoms with Crippen LogP contribution < -0.4 is 5.32 Å². The lowest BCUT2D eigenvalue weighted by atomic mass is 10.1. The van der Waals surface area contributed by atoms with Crippen molar-refractivity contribution in [3.8, 4) is 5.75 Å². The van der Waals surface area contributed by atoms with Gasteiger partial charge < -0.3 is 15.5 Å². The number of anilines is 1. The molecule has 0 aliphatic rings. The second-order valence-corrected chi connectivity index (χ2v) is 5.22. The Morgan fingerprint density at radius 2 is 2.21 bits per heavy atom. The predicted octanol–water partition coefficient (Wildman–Crippen LogP) is 2.26. The first kappa shape index (κ1) is 13.9. The summed E-state index contributed by atoms with van der Waals surface area (Å²) in [5, 5.41) is 26.1. The number of rotatable bonds is 5. The summed E-state index contributed by atoms with van der Waals surface area (Å²) in [6, 6.07) is 3.76. The van der Waals surface area contributed by atoms with Crippen LogP contribution in [0, 0.1) is 6.92 Å². The molecule has 0 fully saturated rings. The first-order valence-electron chi connectivity index (χ1n) is 5.95. The maximum absolute atomic E-state index is 9.97. The molecule has 0 aliphatic heterocycles. The minimum atomic E-state index is 0.0622. The highest BCUT2D eigenvalue weighted by Gasteiger charge is 2.06. The Hall–Kier alpha value is -1.53. The van der Waals surface area contributed by atoms with E-state index in [0.717, 1.165) is 21.3 Å². The third kappa shape index (κ3) is 3.48. The third-order valence-electron chi connectivity index (χ3n) is 2.79. The van der Waals surface area contributed by atoms with Gasteiger partial charge in [-0.3, -0.25) is 4.68 Å². The lowest BCUT2D eigenvalue weighted by molar-refractivity contribution is 0.269. The number of nitrogens with one attached hydrogen (secondary N) is 1. The van der Waals surface area contributed by atoms with Crippen LogP contribution >= 0.6 is 15.9 Å². The largest absolute Gasteiger partial charge is 0.507 e. The van der Waals surface area contributed by atoms with E-state index in [4.69, 9.17) is 5.11 Å². The van der Waals surface area contributed by atoms with E-state index >= 15 is 0 Å². The second-order valence-electron chi connectivity index (χ2n) is 4.30. The van der Waals surface area contributed by atoms with Crippen LogP contribution in [0.3, 0.4) is 0 Å². The van der Waals surface area contributed by atoms with Gasteiger partial charge in [-0.2, -0.15) is 5.10 Å². The molecule has 6 heteroatoms. The van der Waals surface area contributed by atoms with Crippen LogP contribution in [0.5, 0.6) is 5.75 Å². The molecule has 19 heavy (non-hydrogen) atoms. The van der Waals surface area contributed by atoms with Crippen molar-refractivity contribution in [3.05, 3.63) is 40.1 Å². The van der Waals surface area contributed by atoms with Crippen LogP contribution in [-0.2, 0) is 13.1 Å². The first-order chi connectivity index (χ1) is 9.10. The monoisotopic (exact) mass is 325 g/mol. The van der Waals surface area contributed by atoms with Gasteiger partial charge >= 0.3 is 0 Å². The van der Waals surface area contributed by atoms with E-state index in [1.165, 1.54) is 0 Å². The third-order valence-corrected chi connectivity index (χ3v) is 3.25. The van der Waals surface area contributed by atoms with Gasteiger partial charge in [-0.15, -0.1) is 0 Å². The zero-order valence-corrected chi connectivity index (χ0v) is 12.2. The molecule has 0 saturated carbocycles. The Balaban J connectivity index is 2.05. The van der Waals surface area contributed by atoms with Crippen LogP contribution in [0.1, 0.15) is 11.1 Å². The lowest BCUT2D eigenvalue weighted by Gasteiger charge is -2.09. The fourth-order valence-electron chi connectivity index (χ4n) is 1.82. The Kier molecular flexibility index (Phi) is 4.44. The van der Waals surface area contributed by atoms with Crippen LogP contribution in [0.4, 0.5) is 5.69 Å². The van der Waals surface area contributed by atoms with Gasteiger partial charge in [0.25, 0.3) is 0 Å². The maximum atomic E-state index is 9.97. The molecule has 2 aromatic rings. The normalized spacial score (nSPS) is 10.7. The summed E-state index contributed by atoms with van der Waals surface area (Å²) in [4.78, 5) is 0. The second kappa shape index (κ2) is 6.08. The van der Waals surface area contributed by atoms with Crippen molar-refractivity contribution in [2.24, 2.45) is 0 Å². The van der Waals surface area contributed by atoms with E-state index in [-0.39, 0.29) is 6.61 Å². The number of phenolic OH excluding ortho intramolecular Hbond substituents is 1. The molecule has 102 valence electrons. The number of aromatic hydroxyl groups is 1. The van der Waals surface area contributed by atoms with Crippen LogP contribution in [0.2, 0.25) is 0 Å². The number of hydrogen-bond acceptors (Lipinski definition) is 4. The lowest BCUT2D eigenvalue weighted by Crippen LogP contribution is -2.02. The van der Waals surface area contributed by atoms with Crippen molar-refractivity contribution in [1.29, 1.82) is 0 Å². The van der Waals surface area contributed by atoms with Gasteiger partial charge in [-0.25, -0.2) is 0 Å². The van der Waals surface area contributed by atoms with Gasteiger partial charge in [-0.1, -0.05) is 15.9 Å². The molecule has 2 rings (SSSR count). The summed E-state index contributed by atoms with van der Waals surface area (Å²) in [5.74, 6) is 0.304. The maximum Gasteiger partial charge on any atom is 0.123 e. The highest BCUT2D eigenvalue weighted by molar-refractivity contribution is 9.10. The van der Waals surface area contributed by atoms with E-state index in [9.17, 15) is 5.11 Å². The molecular weight excluding hydrogens is 310 g/mol. The summed E-state index contributed by atoms with van der Waals surface area (Å²) in [6.45, 7) is 2.91. The SMILES string of the molecule is Cc1cc(Br)cc(CNc2cnn(CCO)c2)c1O. The molecule has 0 amide bonds. The van der Waals surface area contributed by atoms with E-state index < -0.39 is 0 Å². The van der Waals surface area contributed by atoms with E-state index in [0.29, 0.717) is 18.8 Å². The summed E-state index contributed by atoms with van der Waals surface area (Å²) < 4.78 is 2.60. The molecule has 0 saturated heterocycles. The molecule has 0 aliphatic carbocycles. The van der Waals surface area contributed by atoms with Crippen molar-refractivity contribution in [1.82, 2.24) is 9.78 Å². The highest BCUT2D eigenvalue weighted by Crippen LogP contribution is 2.27.